The summed E-state index contributed by atoms with van der Waals surface area (Å²) in [5.74, 6) is -2.08. The van der Waals surface area contributed by atoms with Crippen LogP contribution in [0.3, 0.4) is 0 Å². The number of rotatable bonds is 6. The van der Waals surface area contributed by atoms with Gasteiger partial charge in [-0.25, -0.2) is 12.8 Å². The molecule has 8 nitrogen and oxygen atoms in total. The van der Waals surface area contributed by atoms with E-state index in [1.807, 2.05) is 4.72 Å². The van der Waals surface area contributed by atoms with Crippen LogP contribution in [-0.2, 0) is 14.8 Å². The van der Waals surface area contributed by atoms with Crippen molar-refractivity contribution >= 4 is 21.7 Å². The molecule has 10 heteroatoms. The minimum atomic E-state index is -4.25. The lowest BCUT2D eigenvalue weighted by atomic mass is 10.1. The molecule has 0 heterocycles. The molecule has 0 aliphatic carbocycles. The molecule has 24 heavy (non-hydrogen) atoms. The van der Waals surface area contributed by atoms with E-state index in [2.05, 4.69) is 0 Å². The number of nitrogens with one attached hydrogen (secondary N) is 1. The van der Waals surface area contributed by atoms with E-state index in [1.54, 1.807) is 0 Å². The first-order chi connectivity index (χ1) is 11.2. The van der Waals surface area contributed by atoms with Crippen molar-refractivity contribution in [2.24, 2.45) is 0 Å². The molecule has 0 radical (unpaired) electrons. The average Bonchev–Trinajstić information content (AvgIpc) is 2.53. The highest BCUT2D eigenvalue weighted by Gasteiger charge is 2.27. The number of sulfonamides is 1. The molecule has 1 atom stereocenters. The highest BCUT2D eigenvalue weighted by atomic mass is 32.2. The SMILES string of the molecule is O=C(O)C(NS(=O)(=O)c1ccc([N+](=O)[O-])cc1)c1ccc(F)cc1. The number of carboxylic acid groups (broad SMARTS) is 1. The third-order valence-electron chi connectivity index (χ3n) is 3.08. The van der Waals surface area contributed by atoms with Crippen LogP contribution in [0.5, 0.6) is 0 Å². The Labute approximate surface area is 135 Å². The minimum absolute atomic E-state index is 0.0365. The fraction of sp³-hybridized carbons (Fsp3) is 0.0714. The lowest BCUT2D eigenvalue weighted by molar-refractivity contribution is -0.384. The van der Waals surface area contributed by atoms with Gasteiger partial charge in [-0.2, -0.15) is 4.72 Å². The predicted octanol–water partition coefficient (Wildman–Crippen LogP) is 1.84. The summed E-state index contributed by atoms with van der Waals surface area (Å²) in [5, 5.41) is 19.8. The second-order valence-corrected chi connectivity index (χ2v) is 6.41. The van der Waals surface area contributed by atoms with Crippen molar-refractivity contribution in [3.63, 3.8) is 0 Å². The largest absolute Gasteiger partial charge is 0.480 e. The number of hydrogen-bond donors (Lipinski definition) is 2. The van der Waals surface area contributed by atoms with E-state index in [9.17, 15) is 32.8 Å². The Hall–Kier alpha value is -2.85. The maximum atomic E-state index is 12.9. The zero-order valence-electron chi connectivity index (χ0n) is 11.9. The molecular formula is C14H11FN2O6S. The molecule has 2 rings (SSSR count). The van der Waals surface area contributed by atoms with Gasteiger partial charge < -0.3 is 5.11 Å². The van der Waals surface area contributed by atoms with Crippen molar-refractivity contribution < 1.29 is 27.6 Å². The molecule has 1 unspecified atom stereocenters. The highest BCUT2D eigenvalue weighted by Crippen LogP contribution is 2.20. The van der Waals surface area contributed by atoms with Gasteiger partial charge in [0.15, 0.2) is 0 Å². The van der Waals surface area contributed by atoms with Crippen LogP contribution in [-0.4, -0.2) is 24.4 Å². The Morgan fingerprint density at radius 1 is 1.12 bits per heavy atom. The molecule has 0 aliphatic rings. The topological polar surface area (TPSA) is 127 Å². The van der Waals surface area contributed by atoms with Crippen molar-refractivity contribution in [3.8, 4) is 0 Å². The molecular weight excluding hydrogens is 343 g/mol. The number of nitrogens with zero attached hydrogens (tertiary/aromatic N) is 1. The van der Waals surface area contributed by atoms with Gasteiger partial charge in [0, 0.05) is 12.1 Å². The fourth-order valence-electron chi connectivity index (χ4n) is 1.89. The van der Waals surface area contributed by atoms with E-state index >= 15 is 0 Å². The van der Waals surface area contributed by atoms with Crippen LogP contribution >= 0.6 is 0 Å². The number of non-ortho nitro benzene ring substituents is 1. The van der Waals surface area contributed by atoms with Gasteiger partial charge >= 0.3 is 5.97 Å². The number of nitro groups is 1. The zero-order chi connectivity index (χ0) is 17.9. The average molecular weight is 354 g/mol. The van der Waals surface area contributed by atoms with Gasteiger partial charge in [0.1, 0.15) is 11.9 Å². The van der Waals surface area contributed by atoms with Gasteiger partial charge in [0.25, 0.3) is 5.69 Å². The van der Waals surface area contributed by atoms with Crippen LogP contribution in [0.25, 0.3) is 0 Å². The van der Waals surface area contributed by atoms with Crippen LogP contribution in [0.1, 0.15) is 11.6 Å². The summed E-state index contributed by atoms with van der Waals surface area (Å²) in [6.45, 7) is 0. The standard InChI is InChI=1S/C14H11FN2O6S/c15-10-3-1-9(2-4-10)13(14(18)19)16-24(22,23)12-7-5-11(6-8-12)17(20)21/h1-8,13,16H,(H,18,19). The van der Waals surface area contributed by atoms with E-state index in [0.29, 0.717) is 0 Å². The van der Waals surface area contributed by atoms with E-state index < -0.39 is 32.8 Å². The molecule has 0 saturated heterocycles. The Morgan fingerprint density at radius 2 is 1.67 bits per heavy atom. The lowest BCUT2D eigenvalue weighted by Gasteiger charge is -2.15. The highest BCUT2D eigenvalue weighted by molar-refractivity contribution is 7.89. The second kappa shape index (κ2) is 6.72. The van der Waals surface area contributed by atoms with Crippen LogP contribution < -0.4 is 4.72 Å². The number of hydrogen-bond acceptors (Lipinski definition) is 5. The lowest BCUT2D eigenvalue weighted by Crippen LogP contribution is -2.33. The third-order valence-corrected chi connectivity index (χ3v) is 4.52. The second-order valence-electron chi connectivity index (χ2n) is 4.70. The Balaban J connectivity index is 2.32. The number of carbonyl (C=O) groups is 1. The van der Waals surface area contributed by atoms with Gasteiger partial charge in [-0.1, -0.05) is 12.1 Å². The Bertz CT molecular complexity index is 865. The first-order valence-corrected chi connectivity index (χ1v) is 7.94. The monoisotopic (exact) mass is 354 g/mol. The van der Waals surface area contributed by atoms with Crippen molar-refractivity contribution in [2.75, 3.05) is 0 Å². The molecule has 2 N–H and O–H groups in total. The van der Waals surface area contributed by atoms with E-state index in [1.165, 1.54) is 0 Å². The van der Waals surface area contributed by atoms with Gasteiger partial charge in [0.2, 0.25) is 10.0 Å². The summed E-state index contributed by atoms with van der Waals surface area (Å²) in [6, 6.07) is 6.62. The van der Waals surface area contributed by atoms with Crippen LogP contribution in [0.15, 0.2) is 53.4 Å². The summed E-state index contributed by atoms with van der Waals surface area (Å²) < 4.78 is 39.4. The summed E-state index contributed by atoms with van der Waals surface area (Å²) in [6.07, 6.45) is 0. The van der Waals surface area contributed by atoms with Gasteiger partial charge in [-0.15, -0.1) is 0 Å². The van der Waals surface area contributed by atoms with Crippen LogP contribution in [0, 0.1) is 15.9 Å². The fourth-order valence-corrected chi connectivity index (χ4v) is 3.06. The molecule has 126 valence electrons. The van der Waals surface area contributed by atoms with Crippen molar-refractivity contribution in [2.45, 2.75) is 10.9 Å². The number of halogens is 1. The molecule has 0 amide bonds. The predicted molar refractivity (Wildman–Crippen MR) is 80.2 cm³/mol. The van der Waals surface area contributed by atoms with E-state index in [0.717, 1.165) is 48.5 Å². The molecule has 0 bridgehead atoms. The smallest absolute Gasteiger partial charge is 0.326 e. The van der Waals surface area contributed by atoms with Crippen molar-refractivity contribution in [3.05, 3.63) is 70.0 Å². The Kier molecular flexibility index (Phi) is 4.90. The molecule has 2 aromatic carbocycles. The normalized spacial score (nSPS) is 12.5. The van der Waals surface area contributed by atoms with Gasteiger partial charge in [-0.05, 0) is 29.8 Å². The molecule has 0 fully saturated rings. The Morgan fingerprint density at radius 3 is 2.12 bits per heavy atom. The molecule has 0 spiro atoms. The molecule has 0 aliphatic heterocycles. The number of benzene rings is 2. The maximum Gasteiger partial charge on any atom is 0.326 e. The number of aliphatic carboxylic acids is 1. The van der Waals surface area contributed by atoms with Crippen molar-refractivity contribution in [1.82, 2.24) is 4.72 Å². The van der Waals surface area contributed by atoms with Crippen LogP contribution in [0.4, 0.5) is 10.1 Å². The van der Waals surface area contributed by atoms with Gasteiger partial charge in [0.05, 0.1) is 9.82 Å². The minimum Gasteiger partial charge on any atom is -0.480 e. The molecule has 0 saturated carbocycles. The van der Waals surface area contributed by atoms with Crippen LogP contribution in [0.2, 0.25) is 0 Å². The third kappa shape index (κ3) is 3.91. The number of nitro benzene ring substituents is 1. The summed E-state index contributed by atoms with van der Waals surface area (Å²) in [4.78, 5) is 20.9. The maximum absolute atomic E-state index is 12.9. The summed E-state index contributed by atoms with van der Waals surface area (Å²) >= 11 is 0. The quantitative estimate of drug-likeness (QED) is 0.602. The molecule has 0 aromatic heterocycles. The molecule has 2 aromatic rings. The first-order valence-electron chi connectivity index (χ1n) is 6.46. The number of carboxylic acids is 1. The van der Waals surface area contributed by atoms with Crippen molar-refractivity contribution in [1.29, 1.82) is 0 Å². The van der Waals surface area contributed by atoms with E-state index in [4.69, 9.17) is 0 Å². The summed E-state index contributed by atoms with van der Waals surface area (Å²) in [5.41, 5.74) is -0.267. The van der Waals surface area contributed by atoms with Gasteiger partial charge in [-0.3, -0.25) is 14.9 Å². The van der Waals surface area contributed by atoms with E-state index in [-0.39, 0.29) is 16.1 Å². The summed E-state index contributed by atoms with van der Waals surface area (Å²) in [7, 11) is -4.25. The zero-order valence-corrected chi connectivity index (χ0v) is 12.7. The first kappa shape index (κ1) is 17.5.